The second-order valence-corrected chi connectivity index (χ2v) is 7.79. The molecule has 102 valence electrons. The molecule has 1 aromatic rings. The smallest absolute Gasteiger partial charge is 0.00820 e. The summed E-state index contributed by atoms with van der Waals surface area (Å²) in [5.41, 5.74) is 1.99. The largest absolute Gasteiger partial charge is 0.311 e. The van der Waals surface area contributed by atoms with Crippen molar-refractivity contribution in [3.63, 3.8) is 0 Å². The third kappa shape index (κ3) is 4.10. The topological polar surface area (TPSA) is 12.0 Å². The van der Waals surface area contributed by atoms with Crippen LogP contribution in [-0.4, -0.2) is 12.1 Å². The predicted molar refractivity (Wildman–Crippen MR) is 81.2 cm³/mol. The fraction of sp³-hybridized carbons (Fsp3) is 0.750. The second-order valence-electron chi connectivity index (χ2n) is 7.01. The lowest BCUT2D eigenvalue weighted by atomic mass is 9.70. The molecule has 1 aliphatic rings. The molecule has 0 aliphatic heterocycles. The van der Waals surface area contributed by atoms with Crippen molar-refractivity contribution >= 4 is 11.3 Å². The van der Waals surface area contributed by atoms with Crippen molar-refractivity contribution in [1.29, 1.82) is 0 Å². The molecule has 0 radical (unpaired) electrons. The molecule has 3 unspecified atom stereocenters. The van der Waals surface area contributed by atoms with Crippen LogP contribution in [0.25, 0.3) is 0 Å². The molecule has 1 aliphatic carbocycles. The molecule has 0 bridgehead atoms. The van der Waals surface area contributed by atoms with Gasteiger partial charge in [0.2, 0.25) is 0 Å². The molecule has 1 saturated carbocycles. The van der Waals surface area contributed by atoms with Crippen LogP contribution in [0.5, 0.6) is 0 Å². The minimum absolute atomic E-state index is 0.511. The van der Waals surface area contributed by atoms with E-state index in [-0.39, 0.29) is 0 Å². The quantitative estimate of drug-likeness (QED) is 0.846. The van der Waals surface area contributed by atoms with Gasteiger partial charge in [-0.15, -0.1) is 0 Å². The maximum Gasteiger partial charge on any atom is 0.00820 e. The predicted octanol–water partition coefficient (Wildman–Crippen LogP) is 4.48. The molecule has 1 fully saturated rings. The van der Waals surface area contributed by atoms with E-state index in [9.17, 15) is 0 Å². The molecule has 2 rings (SSSR count). The summed E-state index contributed by atoms with van der Waals surface area (Å²) in [5, 5.41) is 8.29. The summed E-state index contributed by atoms with van der Waals surface area (Å²) in [7, 11) is 0. The highest BCUT2D eigenvalue weighted by atomic mass is 32.1. The van der Waals surface area contributed by atoms with E-state index in [1.807, 2.05) is 0 Å². The number of hydrogen-bond donors (Lipinski definition) is 1. The SMILES string of the molecule is CC1CC(NC(C)Cc2ccsc2)CC(C)(C)C1. The van der Waals surface area contributed by atoms with E-state index in [1.165, 1.54) is 24.8 Å². The summed E-state index contributed by atoms with van der Waals surface area (Å²) < 4.78 is 0. The van der Waals surface area contributed by atoms with Gasteiger partial charge in [0.25, 0.3) is 0 Å². The van der Waals surface area contributed by atoms with Gasteiger partial charge in [-0.3, -0.25) is 0 Å². The zero-order valence-corrected chi connectivity index (χ0v) is 13.0. The molecule has 3 atom stereocenters. The second kappa shape index (κ2) is 5.75. The first kappa shape index (κ1) is 14.1. The van der Waals surface area contributed by atoms with E-state index >= 15 is 0 Å². The van der Waals surface area contributed by atoms with Gasteiger partial charge in [-0.2, -0.15) is 11.3 Å². The van der Waals surface area contributed by atoms with Crippen LogP contribution in [-0.2, 0) is 6.42 Å². The average molecular weight is 265 g/mol. The zero-order chi connectivity index (χ0) is 13.2. The third-order valence-electron chi connectivity index (χ3n) is 4.03. The van der Waals surface area contributed by atoms with E-state index in [1.54, 1.807) is 11.3 Å². The van der Waals surface area contributed by atoms with Crippen molar-refractivity contribution in [2.45, 2.75) is 65.5 Å². The van der Waals surface area contributed by atoms with Crippen LogP contribution in [0.4, 0.5) is 0 Å². The van der Waals surface area contributed by atoms with Crippen LogP contribution in [0.2, 0.25) is 0 Å². The Kier molecular flexibility index (Phi) is 4.50. The number of hydrogen-bond acceptors (Lipinski definition) is 2. The summed E-state index contributed by atoms with van der Waals surface area (Å²) >= 11 is 1.80. The Morgan fingerprint density at radius 3 is 2.83 bits per heavy atom. The fourth-order valence-corrected chi connectivity index (χ4v) is 4.38. The molecule has 0 amide bonds. The number of thiophene rings is 1. The van der Waals surface area contributed by atoms with Gasteiger partial charge in [0.15, 0.2) is 0 Å². The van der Waals surface area contributed by atoms with Gasteiger partial charge < -0.3 is 5.32 Å². The molecule has 1 nitrogen and oxygen atoms in total. The summed E-state index contributed by atoms with van der Waals surface area (Å²) in [6.07, 6.45) is 5.21. The zero-order valence-electron chi connectivity index (χ0n) is 12.2. The van der Waals surface area contributed by atoms with Crippen LogP contribution < -0.4 is 5.32 Å². The summed E-state index contributed by atoms with van der Waals surface area (Å²) in [5.74, 6) is 0.861. The van der Waals surface area contributed by atoms with Gasteiger partial charge >= 0.3 is 0 Å². The van der Waals surface area contributed by atoms with Crippen molar-refractivity contribution in [3.8, 4) is 0 Å². The Hall–Kier alpha value is -0.340. The maximum atomic E-state index is 3.85. The minimum atomic E-state index is 0.511. The van der Waals surface area contributed by atoms with Gasteiger partial charge in [0, 0.05) is 12.1 Å². The van der Waals surface area contributed by atoms with Crippen molar-refractivity contribution in [3.05, 3.63) is 22.4 Å². The first-order valence-corrected chi connectivity index (χ1v) is 8.16. The lowest BCUT2D eigenvalue weighted by molar-refractivity contribution is 0.145. The van der Waals surface area contributed by atoms with Crippen LogP contribution >= 0.6 is 11.3 Å². The van der Waals surface area contributed by atoms with Gasteiger partial charge in [-0.1, -0.05) is 20.8 Å². The molecule has 1 heterocycles. The van der Waals surface area contributed by atoms with Crippen molar-refractivity contribution in [1.82, 2.24) is 5.32 Å². The van der Waals surface area contributed by atoms with E-state index in [4.69, 9.17) is 0 Å². The highest BCUT2D eigenvalue weighted by Gasteiger charge is 2.32. The van der Waals surface area contributed by atoms with Gasteiger partial charge in [0.05, 0.1) is 0 Å². The van der Waals surface area contributed by atoms with Crippen LogP contribution in [0.15, 0.2) is 16.8 Å². The maximum absolute atomic E-state index is 3.85. The minimum Gasteiger partial charge on any atom is -0.311 e. The summed E-state index contributed by atoms with van der Waals surface area (Å²) in [4.78, 5) is 0. The van der Waals surface area contributed by atoms with E-state index < -0.39 is 0 Å². The molecular weight excluding hydrogens is 238 g/mol. The standard InChI is InChI=1S/C16H27NS/c1-12-7-15(10-16(3,4)9-12)17-13(2)8-14-5-6-18-11-14/h5-6,11-13,15,17H,7-10H2,1-4H3. The molecule has 2 heteroatoms. The van der Waals surface area contributed by atoms with Crippen LogP contribution in [0.1, 0.15) is 52.5 Å². The Morgan fingerprint density at radius 2 is 2.22 bits per heavy atom. The Labute approximate surface area is 116 Å². The first-order chi connectivity index (χ1) is 8.44. The van der Waals surface area contributed by atoms with Crippen LogP contribution in [0.3, 0.4) is 0 Å². The molecule has 0 aromatic carbocycles. The Bertz CT molecular complexity index is 355. The molecule has 0 spiro atoms. The van der Waals surface area contributed by atoms with Crippen molar-refractivity contribution < 1.29 is 0 Å². The fourth-order valence-electron chi connectivity index (χ4n) is 3.70. The average Bonchev–Trinajstić information content (AvgIpc) is 2.66. The molecule has 1 aromatic heterocycles. The van der Waals surface area contributed by atoms with Gasteiger partial charge in [-0.05, 0) is 66.3 Å². The lowest BCUT2D eigenvalue weighted by Gasteiger charge is -2.40. The van der Waals surface area contributed by atoms with E-state index in [0.717, 1.165) is 12.3 Å². The highest BCUT2D eigenvalue weighted by Crippen LogP contribution is 2.38. The first-order valence-electron chi connectivity index (χ1n) is 7.22. The Morgan fingerprint density at radius 1 is 1.44 bits per heavy atom. The van der Waals surface area contributed by atoms with E-state index in [2.05, 4.69) is 49.8 Å². The summed E-state index contributed by atoms with van der Waals surface area (Å²) in [6.45, 7) is 9.56. The molecule has 18 heavy (non-hydrogen) atoms. The molecule has 0 saturated heterocycles. The van der Waals surface area contributed by atoms with E-state index in [0.29, 0.717) is 17.5 Å². The van der Waals surface area contributed by atoms with Crippen LogP contribution in [0, 0.1) is 11.3 Å². The number of nitrogens with one attached hydrogen (secondary N) is 1. The summed E-state index contributed by atoms with van der Waals surface area (Å²) in [6, 6.07) is 3.54. The monoisotopic (exact) mass is 265 g/mol. The van der Waals surface area contributed by atoms with Crippen molar-refractivity contribution in [2.24, 2.45) is 11.3 Å². The molecule has 1 N–H and O–H groups in total. The van der Waals surface area contributed by atoms with Gasteiger partial charge in [-0.25, -0.2) is 0 Å². The molecular formula is C16H27NS. The lowest BCUT2D eigenvalue weighted by Crippen LogP contribution is -2.44. The van der Waals surface area contributed by atoms with Crippen molar-refractivity contribution in [2.75, 3.05) is 0 Å². The number of rotatable bonds is 4. The highest BCUT2D eigenvalue weighted by molar-refractivity contribution is 7.07. The third-order valence-corrected chi connectivity index (χ3v) is 4.76. The Balaban J connectivity index is 1.85. The van der Waals surface area contributed by atoms with Gasteiger partial charge in [0.1, 0.15) is 0 Å². The normalized spacial score (nSPS) is 29.1.